The van der Waals surface area contributed by atoms with Gasteiger partial charge in [-0.1, -0.05) is 12.1 Å². The second-order valence-corrected chi connectivity index (χ2v) is 5.52. The molecular formula is C13H18ClFN2O2S. The summed E-state index contributed by atoms with van der Waals surface area (Å²) >= 11 is 1.48. The van der Waals surface area contributed by atoms with Crippen LogP contribution in [-0.2, 0) is 9.53 Å². The third-order valence-electron chi connectivity index (χ3n) is 3.03. The number of fused-ring (bicyclic) bond motifs is 1. The molecule has 1 amide bonds. The van der Waals surface area contributed by atoms with Crippen LogP contribution >= 0.6 is 24.2 Å². The quantitative estimate of drug-likeness (QED) is 0.889. The van der Waals surface area contributed by atoms with E-state index in [4.69, 9.17) is 10.5 Å². The molecule has 0 saturated heterocycles. The van der Waals surface area contributed by atoms with Gasteiger partial charge in [0.15, 0.2) is 0 Å². The predicted molar refractivity (Wildman–Crippen MR) is 79.7 cm³/mol. The number of halogens is 2. The van der Waals surface area contributed by atoms with E-state index in [9.17, 15) is 9.18 Å². The molecule has 112 valence electrons. The van der Waals surface area contributed by atoms with Crippen molar-refractivity contribution in [3.05, 3.63) is 29.6 Å². The number of methoxy groups -OCH3 is 1. The summed E-state index contributed by atoms with van der Waals surface area (Å²) in [7, 11) is 1.50. The third kappa shape index (κ3) is 3.85. The lowest BCUT2D eigenvalue weighted by molar-refractivity contribution is -0.124. The van der Waals surface area contributed by atoms with Crippen LogP contribution in [0.15, 0.2) is 23.1 Å². The fourth-order valence-corrected chi connectivity index (χ4v) is 3.21. The van der Waals surface area contributed by atoms with Crippen LogP contribution in [0.25, 0.3) is 0 Å². The van der Waals surface area contributed by atoms with E-state index in [0.29, 0.717) is 4.90 Å². The van der Waals surface area contributed by atoms with Crippen LogP contribution in [-0.4, -0.2) is 31.4 Å². The van der Waals surface area contributed by atoms with Gasteiger partial charge in [-0.2, -0.15) is 0 Å². The van der Waals surface area contributed by atoms with Crippen molar-refractivity contribution in [1.82, 2.24) is 5.32 Å². The average Bonchev–Trinajstić information content (AvgIpc) is 2.40. The van der Waals surface area contributed by atoms with E-state index in [2.05, 4.69) is 5.32 Å². The van der Waals surface area contributed by atoms with Crippen molar-refractivity contribution >= 4 is 30.1 Å². The van der Waals surface area contributed by atoms with E-state index in [-0.39, 0.29) is 36.8 Å². The molecule has 20 heavy (non-hydrogen) atoms. The lowest BCUT2D eigenvalue weighted by Gasteiger charge is -2.27. The van der Waals surface area contributed by atoms with E-state index in [1.54, 1.807) is 6.07 Å². The Balaban J connectivity index is 0.00000200. The molecule has 0 radical (unpaired) electrons. The van der Waals surface area contributed by atoms with Gasteiger partial charge in [-0.15, -0.1) is 24.2 Å². The molecule has 1 aliphatic rings. The van der Waals surface area contributed by atoms with Crippen molar-refractivity contribution in [2.45, 2.75) is 23.4 Å². The topological polar surface area (TPSA) is 64.3 Å². The van der Waals surface area contributed by atoms with Crippen LogP contribution in [0.3, 0.4) is 0 Å². The monoisotopic (exact) mass is 320 g/mol. The minimum absolute atomic E-state index is 0. The highest BCUT2D eigenvalue weighted by molar-refractivity contribution is 7.99. The first kappa shape index (κ1) is 17.2. The van der Waals surface area contributed by atoms with Gasteiger partial charge in [0.25, 0.3) is 0 Å². The summed E-state index contributed by atoms with van der Waals surface area (Å²) in [5.74, 6) is 0.273. The lowest BCUT2D eigenvalue weighted by atomic mass is 10.0. The summed E-state index contributed by atoms with van der Waals surface area (Å²) in [4.78, 5) is 12.5. The standard InChI is InChI=1S/C13H17FN2O2S.ClH/c1-18-7-10(15)13(17)16-11-5-6-19-12-8(11)3-2-4-9(12)14;/h2-4,10-11H,5-7,15H2,1H3,(H,16,17);1H. The predicted octanol–water partition coefficient (Wildman–Crippen LogP) is 1.87. The Kier molecular flexibility index (Phi) is 6.75. The maximum absolute atomic E-state index is 13.7. The fourth-order valence-electron chi connectivity index (χ4n) is 2.07. The molecule has 7 heteroatoms. The SMILES string of the molecule is COCC(N)C(=O)NC1CCSc2c(F)cccc21.Cl. The van der Waals surface area contributed by atoms with Crippen molar-refractivity contribution < 1.29 is 13.9 Å². The van der Waals surface area contributed by atoms with Gasteiger partial charge in [-0.25, -0.2) is 4.39 Å². The van der Waals surface area contributed by atoms with E-state index < -0.39 is 6.04 Å². The van der Waals surface area contributed by atoms with Crippen LogP contribution in [0.1, 0.15) is 18.0 Å². The molecule has 0 fully saturated rings. The first-order valence-electron chi connectivity index (χ1n) is 6.09. The van der Waals surface area contributed by atoms with E-state index >= 15 is 0 Å². The van der Waals surface area contributed by atoms with Crippen molar-refractivity contribution in [1.29, 1.82) is 0 Å². The summed E-state index contributed by atoms with van der Waals surface area (Å²) in [5, 5.41) is 2.86. The smallest absolute Gasteiger partial charge is 0.239 e. The van der Waals surface area contributed by atoms with Gasteiger partial charge in [0, 0.05) is 17.8 Å². The van der Waals surface area contributed by atoms with Gasteiger partial charge in [0.05, 0.1) is 12.6 Å². The summed E-state index contributed by atoms with van der Waals surface area (Å²) in [6.07, 6.45) is 0.770. The van der Waals surface area contributed by atoms with Gasteiger partial charge in [-0.3, -0.25) is 4.79 Å². The summed E-state index contributed by atoms with van der Waals surface area (Å²) in [6, 6.07) is 4.07. The largest absolute Gasteiger partial charge is 0.383 e. The summed E-state index contributed by atoms with van der Waals surface area (Å²) < 4.78 is 18.5. The van der Waals surface area contributed by atoms with E-state index in [0.717, 1.165) is 17.7 Å². The molecule has 0 aliphatic carbocycles. The number of amides is 1. The highest BCUT2D eigenvalue weighted by atomic mass is 35.5. The Morgan fingerprint density at radius 3 is 3.10 bits per heavy atom. The van der Waals surface area contributed by atoms with Crippen LogP contribution < -0.4 is 11.1 Å². The molecule has 1 heterocycles. The molecule has 4 nitrogen and oxygen atoms in total. The second kappa shape index (κ2) is 7.83. The minimum atomic E-state index is -0.698. The number of carbonyl (C=O) groups is 1. The lowest BCUT2D eigenvalue weighted by Crippen LogP contribution is -2.45. The van der Waals surface area contributed by atoms with Gasteiger partial charge in [0.1, 0.15) is 11.9 Å². The molecule has 2 rings (SSSR count). The maximum Gasteiger partial charge on any atom is 0.239 e. The van der Waals surface area contributed by atoms with E-state index in [1.165, 1.54) is 24.9 Å². The second-order valence-electron chi connectivity index (χ2n) is 4.42. The molecule has 1 aromatic carbocycles. The Labute approximate surface area is 128 Å². The van der Waals surface area contributed by atoms with Gasteiger partial charge < -0.3 is 15.8 Å². The maximum atomic E-state index is 13.7. The number of hydrogen-bond acceptors (Lipinski definition) is 4. The zero-order valence-electron chi connectivity index (χ0n) is 11.1. The minimum Gasteiger partial charge on any atom is -0.383 e. The van der Waals surface area contributed by atoms with Crippen LogP contribution in [0.2, 0.25) is 0 Å². The first-order chi connectivity index (χ1) is 9.13. The Hall–Kier alpha value is -0.820. The Morgan fingerprint density at radius 2 is 2.40 bits per heavy atom. The molecule has 1 aromatic rings. The van der Waals surface area contributed by atoms with Crippen molar-refractivity contribution in [3.63, 3.8) is 0 Å². The van der Waals surface area contributed by atoms with Crippen molar-refractivity contribution in [3.8, 4) is 0 Å². The highest BCUT2D eigenvalue weighted by Gasteiger charge is 2.26. The number of thioether (sulfide) groups is 1. The van der Waals surface area contributed by atoms with E-state index in [1.807, 2.05) is 6.07 Å². The number of nitrogens with two attached hydrogens (primary N) is 1. The average molecular weight is 321 g/mol. The van der Waals surface area contributed by atoms with Gasteiger partial charge in [0.2, 0.25) is 5.91 Å². The molecule has 0 saturated carbocycles. The van der Waals surface area contributed by atoms with Gasteiger partial charge in [-0.05, 0) is 18.1 Å². The first-order valence-corrected chi connectivity index (χ1v) is 7.08. The molecule has 3 N–H and O–H groups in total. The van der Waals surface area contributed by atoms with Gasteiger partial charge >= 0.3 is 0 Å². The molecule has 2 atom stereocenters. The third-order valence-corrected chi connectivity index (χ3v) is 4.18. The molecule has 0 spiro atoms. The molecule has 2 unspecified atom stereocenters. The number of rotatable bonds is 4. The fraction of sp³-hybridized carbons (Fsp3) is 0.462. The molecular weight excluding hydrogens is 303 g/mol. The Morgan fingerprint density at radius 1 is 1.65 bits per heavy atom. The number of hydrogen-bond donors (Lipinski definition) is 2. The molecule has 1 aliphatic heterocycles. The van der Waals surface area contributed by atoms with Crippen LogP contribution in [0.5, 0.6) is 0 Å². The molecule has 0 bridgehead atoms. The Bertz CT molecular complexity index is 476. The van der Waals surface area contributed by atoms with Crippen LogP contribution in [0, 0.1) is 5.82 Å². The number of benzene rings is 1. The number of nitrogens with one attached hydrogen (secondary N) is 1. The highest BCUT2D eigenvalue weighted by Crippen LogP contribution is 2.37. The molecule has 0 aromatic heterocycles. The van der Waals surface area contributed by atoms with Crippen molar-refractivity contribution in [2.75, 3.05) is 19.5 Å². The normalized spacial score (nSPS) is 18.6. The van der Waals surface area contributed by atoms with Crippen LogP contribution in [0.4, 0.5) is 4.39 Å². The zero-order valence-corrected chi connectivity index (χ0v) is 12.7. The summed E-state index contributed by atoms with van der Waals surface area (Å²) in [5.41, 5.74) is 6.51. The zero-order chi connectivity index (χ0) is 13.8. The van der Waals surface area contributed by atoms with Crippen molar-refractivity contribution in [2.24, 2.45) is 5.73 Å². The number of ether oxygens (including phenoxy) is 1. The number of carbonyl (C=O) groups excluding carboxylic acids is 1. The summed E-state index contributed by atoms with van der Waals surface area (Å²) in [6.45, 7) is 0.170.